The minimum atomic E-state index is -0.627. The third-order valence-corrected chi connectivity index (χ3v) is 5.94. The average Bonchev–Trinajstić information content (AvgIpc) is 2.99. The Morgan fingerprint density at radius 1 is 0.905 bits per heavy atom. The fourth-order valence-corrected chi connectivity index (χ4v) is 4.47. The van der Waals surface area contributed by atoms with Crippen LogP contribution in [0.25, 0.3) is 10.9 Å². The number of aliphatic hydroxyl groups is 1. The summed E-state index contributed by atoms with van der Waals surface area (Å²) >= 11 is 0. The molecule has 1 spiro atoms. The van der Waals surface area contributed by atoms with Crippen molar-refractivity contribution in [3.8, 4) is 0 Å². The Kier molecular flexibility index (Phi) is 3.04. The fourth-order valence-electron chi connectivity index (χ4n) is 4.47. The topological polar surface area (TPSA) is 33.1 Å². The van der Waals surface area contributed by atoms with E-state index in [0.29, 0.717) is 5.41 Å². The zero-order chi connectivity index (χ0) is 14.3. The lowest BCUT2D eigenvalue weighted by molar-refractivity contribution is -0.0375. The maximum absolute atomic E-state index is 11.1. The van der Waals surface area contributed by atoms with Gasteiger partial charge in [-0.05, 0) is 67.7 Å². The number of nitrogens with zero attached hydrogens (tertiary/aromatic N) is 1. The predicted octanol–water partition coefficient (Wildman–Crippen LogP) is 4.56. The van der Waals surface area contributed by atoms with Gasteiger partial charge in [-0.2, -0.15) is 0 Å². The third kappa shape index (κ3) is 2.26. The summed E-state index contributed by atoms with van der Waals surface area (Å²) in [5.41, 5.74) is 2.02. The van der Waals surface area contributed by atoms with Crippen molar-refractivity contribution in [1.29, 1.82) is 0 Å². The smallest absolute Gasteiger partial charge is 0.0897 e. The van der Waals surface area contributed by atoms with Crippen molar-refractivity contribution in [2.24, 2.45) is 5.41 Å². The van der Waals surface area contributed by atoms with Crippen LogP contribution in [0.5, 0.6) is 0 Å². The summed E-state index contributed by atoms with van der Waals surface area (Å²) in [5.74, 6) is 0. The Hall–Kier alpha value is -1.41. The minimum Gasteiger partial charge on any atom is -0.385 e. The predicted molar refractivity (Wildman–Crippen MR) is 85.0 cm³/mol. The van der Waals surface area contributed by atoms with Gasteiger partial charge >= 0.3 is 0 Å². The quantitative estimate of drug-likeness (QED) is 0.831. The van der Waals surface area contributed by atoms with Crippen LogP contribution in [0.4, 0.5) is 0 Å². The number of rotatable bonds is 1. The number of hydrogen-bond acceptors (Lipinski definition) is 2. The molecule has 21 heavy (non-hydrogen) atoms. The molecule has 4 rings (SSSR count). The molecule has 0 aliphatic heterocycles. The van der Waals surface area contributed by atoms with Crippen LogP contribution >= 0.6 is 0 Å². The van der Waals surface area contributed by atoms with Crippen LogP contribution in [0.15, 0.2) is 36.5 Å². The Bertz CT molecular complexity index is 647. The normalized spacial score (nSPS) is 23.7. The van der Waals surface area contributed by atoms with Crippen LogP contribution in [0.3, 0.4) is 0 Å². The summed E-state index contributed by atoms with van der Waals surface area (Å²) in [5, 5.41) is 12.3. The van der Waals surface area contributed by atoms with Crippen LogP contribution < -0.4 is 0 Å². The first-order valence-electron chi connectivity index (χ1n) is 8.27. The van der Waals surface area contributed by atoms with E-state index in [1.165, 1.54) is 38.5 Å². The first-order valence-corrected chi connectivity index (χ1v) is 8.27. The summed E-state index contributed by atoms with van der Waals surface area (Å²) in [6, 6.07) is 10.3. The number of fused-ring (bicyclic) bond motifs is 1. The first-order chi connectivity index (χ1) is 10.2. The lowest BCUT2D eigenvalue weighted by Gasteiger charge is -2.42. The van der Waals surface area contributed by atoms with Gasteiger partial charge < -0.3 is 5.11 Å². The molecule has 110 valence electrons. The molecule has 2 aliphatic carbocycles. The van der Waals surface area contributed by atoms with Crippen molar-refractivity contribution in [3.05, 3.63) is 42.1 Å². The molecule has 2 fully saturated rings. The van der Waals surface area contributed by atoms with E-state index < -0.39 is 5.60 Å². The average molecular weight is 281 g/mol. The Labute approximate surface area is 126 Å². The summed E-state index contributed by atoms with van der Waals surface area (Å²) in [4.78, 5) is 4.37. The van der Waals surface area contributed by atoms with E-state index in [-0.39, 0.29) is 0 Å². The highest BCUT2D eigenvalue weighted by molar-refractivity contribution is 5.79. The molecule has 2 aromatic rings. The van der Waals surface area contributed by atoms with E-state index >= 15 is 0 Å². The zero-order valence-electron chi connectivity index (χ0n) is 12.5. The second-order valence-corrected chi connectivity index (χ2v) is 7.15. The second kappa shape index (κ2) is 4.81. The molecule has 0 unspecified atom stereocenters. The molecule has 0 saturated heterocycles. The van der Waals surface area contributed by atoms with Gasteiger partial charge in [0.05, 0.1) is 11.1 Å². The summed E-state index contributed by atoms with van der Waals surface area (Å²) in [6.07, 6.45) is 11.6. The van der Waals surface area contributed by atoms with Crippen molar-refractivity contribution >= 4 is 10.9 Å². The molecular formula is C19H23NO. The molecule has 2 nitrogen and oxygen atoms in total. The number of benzene rings is 1. The molecule has 1 aromatic carbocycles. The van der Waals surface area contributed by atoms with Gasteiger partial charge in [-0.15, -0.1) is 0 Å². The Morgan fingerprint density at radius 2 is 1.67 bits per heavy atom. The van der Waals surface area contributed by atoms with Crippen LogP contribution in [-0.4, -0.2) is 10.1 Å². The van der Waals surface area contributed by atoms with Crippen molar-refractivity contribution in [1.82, 2.24) is 4.98 Å². The second-order valence-electron chi connectivity index (χ2n) is 7.15. The highest BCUT2D eigenvalue weighted by Gasteiger charge is 2.43. The van der Waals surface area contributed by atoms with Crippen molar-refractivity contribution < 1.29 is 5.11 Å². The van der Waals surface area contributed by atoms with E-state index in [1.807, 2.05) is 18.3 Å². The fraction of sp³-hybridized carbons (Fsp3) is 0.526. The molecule has 1 aromatic heterocycles. The zero-order valence-corrected chi connectivity index (χ0v) is 12.5. The molecule has 0 radical (unpaired) electrons. The standard InChI is InChI=1S/C19H23NO/c21-19(11-9-18(10-12-19)7-1-2-8-18)16-5-6-17-15(14-16)4-3-13-20-17/h3-6,13-14,21H,1-2,7-12H2. The van der Waals surface area contributed by atoms with Crippen molar-refractivity contribution in [2.75, 3.05) is 0 Å². The van der Waals surface area contributed by atoms with Gasteiger partial charge in [-0.1, -0.05) is 25.0 Å². The first kappa shape index (κ1) is 13.3. The molecule has 2 saturated carbocycles. The Balaban J connectivity index is 1.62. The maximum Gasteiger partial charge on any atom is 0.0897 e. The van der Waals surface area contributed by atoms with Gasteiger partial charge in [0.2, 0.25) is 0 Å². The molecular weight excluding hydrogens is 258 g/mol. The highest BCUT2D eigenvalue weighted by Crippen LogP contribution is 2.53. The van der Waals surface area contributed by atoms with Gasteiger partial charge in [-0.25, -0.2) is 0 Å². The van der Waals surface area contributed by atoms with E-state index in [9.17, 15) is 5.11 Å². The summed E-state index contributed by atoms with van der Waals surface area (Å²) < 4.78 is 0. The lowest BCUT2D eigenvalue weighted by Crippen LogP contribution is -2.35. The van der Waals surface area contributed by atoms with E-state index in [0.717, 1.165) is 29.3 Å². The molecule has 1 heterocycles. The van der Waals surface area contributed by atoms with Crippen LogP contribution in [0.1, 0.15) is 56.9 Å². The monoisotopic (exact) mass is 281 g/mol. The minimum absolute atomic E-state index is 0.560. The number of aromatic nitrogens is 1. The van der Waals surface area contributed by atoms with Crippen LogP contribution in [0.2, 0.25) is 0 Å². The van der Waals surface area contributed by atoms with E-state index in [2.05, 4.69) is 23.2 Å². The molecule has 0 amide bonds. The largest absolute Gasteiger partial charge is 0.385 e. The number of hydrogen-bond donors (Lipinski definition) is 1. The van der Waals surface area contributed by atoms with E-state index in [4.69, 9.17) is 0 Å². The van der Waals surface area contributed by atoms with E-state index in [1.54, 1.807) is 0 Å². The third-order valence-electron chi connectivity index (χ3n) is 5.94. The molecule has 0 atom stereocenters. The van der Waals surface area contributed by atoms with Crippen LogP contribution in [-0.2, 0) is 5.60 Å². The van der Waals surface area contributed by atoms with Crippen molar-refractivity contribution in [2.45, 2.75) is 57.0 Å². The summed E-state index contributed by atoms with van der Waals surface area (Å²) in [7, 11) is 0. The molecule has 0 bridgehead atoms. The molecule has 1 N–H and O–H groups in total. The van der Waals surface area contributed by atoms with Gasteiger partial charge in [0.25, 0.3) is 0 Å². The van der Waals surface area contributed by atoms with Crippen LogP contribution in [0, 0.1) is 5.41 Å². The summed E-state index contributed by atoms with van der Waals surface area (Å²) in [6.45, 7) is 0. The van der Waals surface area contributed by atoms with Gasteiger partial charge in [-0.3, -0.25) is 4.98 Å². The van der Waals surface area contributed by atoms with Gasteiger partial charge in [0, 0.05) is 11.6 Å². The Morgan fingerprint density at radius 3 is 2.43 bits per heavy atom. The van der Waals surface area contributed by atoms with Gasteiger partial charge in [0.1, 0.15) is 0 Å². The lowest BCUT2D eigenvalue weighted by atomic mass is 9.66. The van der Waals surface area contributed by atoms with Gasteiger partial charge in [0.15, 0.2) is 0 Å². The van der Waals surface area contributed by atoms with Crippen molar-refractivity contribution in [3.63, 3.8) is 0 Å². The molecule has 2 heteroatoms. The SMILES string of the molecule is OC1(c2ccc3ncccc3c2)CCC2(CCCC2)CC1. The highest BCUT2D eigenvalue weighted by atomic mass is 16.3. The maximum atomic E-state index is 11.1. The molecule has 2 aliphatic rings. The number of pyridine rings is 1.